The van der Waals surface area contributed by atoms with Crippen LogP contribution in [0.2, 0.25) is 0 Å². The Morgan fingerprint density at radius 3 is 2.95 bits per heavy atom. The highest BCUT2D eigenvalue weighted by Gasteiger charge is 2.54. The molecule has 1 spiro atoms. The third-order valence-electron chi connectivity index (χ3n) is 4.64. The van der Waals surface area contributed by atoms with Gasteiger partial charge in [0, 0.05) is 6.20 Å². The fourth-order valence-electron chi connectivity index (χ4n) is 3.53. The molecule has 0 aromatic carbocycles. The zero-order chi connectivity index (χ0) is 15.0. The molecule has 2 aliphatic rings. The Hall–Kier alpha value is -1.91. The number of hydrogen-bond acceptors (Lipinski definition) is 3. The van der Waals surface area contributed by atoms with E-state index in [2.05, 4.69) is 11.4 Å². The molecule has 111 valence electrons. The van der Waals surface area contributed by atoms with Crippen LogP contribution in [0.3, 0.4) is 0 Å². The van der Waals surface area contributed by atoms with Crippen molar-refractivity contribution in [1.82, 2.24) is 4.98 Å². The van der Waals surface area contributed by atoms with Crippen LogP contribution in [0.15, 0.2) is 18.3 Å². The van der Waals surface area contributed by atoms with Gasteiger partial charge in [-0.05, 0) is 50.3 Å². The molecular formula is C16H20N3O2. The van der Waals surface area contributed by atoms with Gasteiger partial charge in [0.2, 0.25) is 11.8 Å². The van der Waals surface area contributed by atoms with E-state index in [1.54, 1.807) is 6.20 Å². The number of nitrogens with two attached hydrogens (primary N) is 1. The van der Waals surface area contributed by atoms with Gasteiger partial charge < -0.3 is 5.73 Å². The molecule has 2 heterocycles. The van der Waals surface area contributed by atoms with Crippen LogP contribution in [0.1, 0.15) is 37.7 Å². The Bertz CT molecular complexity index is 579. The van der Waals surface area contributed by atoms with Gasteiger partial charge in [-0.25, -0.2) is 4.98 Å². The monoisotopic (exact) mass is 286 g/mol. The molecular weight excluding hydrogens is 266 g/mol. The number of carbonyl (C=O) groups excluding carboxylic acids is 2. The highest BCUT2D eigenvalue weighted by atomic mass is 16.2. The Labute approximate surface area is 124 Å². The summed E-state index contributed by atoms with van der Waals surface area (Å²) in [7, 11) is 0. The van der Waals surface area contributed by atoms with Gasteiger partial charge in [0.05, 0.1) is 5.41 Å². The van der Waals surface area contributed by atoms with E-state index in [9.17, 15) is 9.59 Å². The summed E-state index contributed by atoms with van der Waals surface area (Å²) in [6.45, 7) is 1.94. The van der Waals surface area contributed by atoms with Gasteiger partial charge in [-0.3, -0.25) is 14.5 Å². The van der Waals surface area contributed by atoms with Crippen LogP contribution >= 0.6 is 0 Å². The first-order valence-corrected chi connectivity index (χ1v) is 7.41. The highest BCUT2D eigenvalue weighted by molar-refractivity contribution is 6.06. The summed E-state index contributed by atoms with van der Waals surface area (Å²) in [5.41, 5.74) is 6.10. The van der Waals surface area contributed by atoms with Crippen LogP contribution in [0.25, 0.3) is 0 Å². The number of hydrogen-bond donors (Lipinski definition) is 1. The lowest BCUT2D eigenvalue weighted by atomic mass is 9.72. The van der Waals surface area contributed by atoms with E-state index < -0.39 is 17.4 Å². The molecule has 1 saturated carbocycles. The average molecular weight is 286 g/mol. The largest absolute Gasteiger partial charge is 0.368 e. The van der Waals surface area contributed by atoms with E-state index in [0.717, 1.165) is 31.2 Å². The van der Waals surface area contributed by atoms with E-state index in [-0.39, 0.29) is 5.91 Å². The van der Waals surface area contributed by atoms with Crippen LogP contribution in [-0.4, -0.2) is 22.8 Å². The van der Waals surface area contributed by atoms with Crippen molar-refractivity contribution in [3.05, 3.63) is 30.3 Å². The lowest BCUT2D eigenvalue weighted by Gasteiger charge is -2.31. The van der Waals surface area contributed by atoms with E-state index in [1.807, 2.05) is 19.1 Å². The summed E-state index contributed by atoms with van der Waals surface area (Å²) < 4.78 is 0. The standard InChI is InChI=1S/C16H20N3O2/c1-11-5-8-18-13(9-11)19-12(14(17)20)10-16(15(19)21)6-3-2-4-7-16/h3,5,8-9,12H,2,4,6-7,10H2,1H3,(H2,17,20). The van der Waals surface area contributed by atoms with E-state index >= 15 is 0 Å². The van der Waals surface area contributed by atoms with Gasteiger partial charge in [-0.1, -0.05) is 12.8 Å². The minimum absolute atomic E-state index is 0.000324. The van der Waals surface area contributed by atoms with E-state index in [0.29, 0.717) is 12.2 Å². The Kier molecular flexibility index (Phi) is 3.43. The molecule has 1 aliphatic carbocycles. The molecule has 2 fully saturated rings. The predicted molar refractivity (Wildman–Crippen MR) is 79.3 cm³/mol. The molecule has 1 aromatic heterocycles. The fourth-order valence-corrected chi connectivity index (χ4v) is 3.53. The average Bonchev–Trinajstić information content (AvgIpc) is 2.74. The molecule has 2 atom stereocenters. The second-order valence-electron chi connectivity index (χ2n) is 6.15. The number of carbonyl (C=O) groups is 2. The van der Waals surface area contributed by atoms with Crippen molar-refractivity contribution in [1.29, 1.82) is 0 Å². The lowest BCUT2D eigenvalue weighted by Crippen LogP contribution is -2.43. The minimum Gasteiger partial charge on any atom is -0.368 e. The molecule has 2 N–H and O–H groups in total. The molecule has 5 heteroatoms. The van der Waals surface area contributed by atoms with E-state index in [1.165, 1.54) is 4.90 Å². The second kappa shape index (κ2) is 5.13. The highest BCUT2D eigenvalue weighted by Crippen LogP contribution is 2.47. The normalized spacial score (nSPS) is 24.5. The first-order chi connectivity index (χ1) is 10.0. The number of aryl methyl sites for hydroxylation is 1. The van der Waals surface area contributed by atoms with Gasteiger partial charge in [-0.2, -0.15) is 0 Å². The molecule has 0 bridgehead atoms. The van der Waals surface area contributed by atoms with Crippen molar-refractivity contribution in [3.8, 4) is 0 Å². The van der Waals surface area contributed by atoms with Gasteiger partial charge in [-0.15, -0.1) is 0 Å². The van der Waals surface area contributed by atoms with Crippen LogP contribution in [0, 0.1) is 18.8 Å². The first-order valence-electron chi connectivity index (χ1n) is 7.41. The molecule has 2 unspecified atom stereocenters. The van der Waals surface area contributed by atoms with Crippen molar-refractivity contribution in [3.63, 3.8) is 0 Å². The minimum atomic E-state index is -0.585. The summed E-state index contributed by atoms with van der Waals surface area (Å²) in [6.07, 6.45) is 7.92. The number of nitrogens with zero attached hydrogens (tertiary/aromatic N) is 2. The molecule has 1 aliphatic heterocycles. The fraction of sp³-hybridized carbons (Fsp3) is 0.500. The summed E-state index contributed by atoms with van der Waals surface area (Å²) >= 11 is 0. The summed E-state index contributed by atoms with van der Waals surface area (Å²) in [5, 5.41) is 0. The number of amides is 2. The molecule has 5 nitrogen and oxygen atoms in total. The maximum absolute atomic E-state index is 13.0. The van der Waals surface area contributed by atoms with Gasteiger partial charge in [0.25, 0.3) is 0 Å². The van der Waals surface area contributed by atoms with E-state index in [4.69, 9.17) is 5.73 Å². The second-order valence-corrected chi connectivity index (χ2v) is 6.15. The quantitative estimate of drug-likeness (QED) is 0.899. The first kappa shape index (κ1) is 14.0. The van der Waals surface area contributed by atoms with Crippen molar-refractivity contribution in [2.75, 3.05) is 4.90 Å². The molecule has 1 aromatic rings. The smallest absolute Gasteiger partial charge is 0.240 e. The maximum Gasteiger partial charge on any atom is 0.240 e. The molecule has 2 amide bonds. The summed E-state index contributed by atoms with van der Waals surface area (Å²) in [6, 6.07) is 3.12. The van der Waals surface area contributed by atoms with Crippen LogP contribution < -0.4 is 10.6 Å². The molecule has 3 rings (SSSR count). The van der Waals surface area contributed by atoms with Crippen LogP contribution in [-0.2, 0) is 9.59 Å². The number of pyridine rings is 1. The van der Waals surface area contributed by atoms with Crippen molar-refractivity contribution < 1.29 is 9.59 Å². The number of aromatic nitrogens is 1. The lowest BCUT2D eigenvalue weighted by molar-refractivity contribution is -0.126. The Morgan fingerprint density at radius 1 is 1.52 bits per heavy atom. The topological polar surface area (TPSA) is 76.3 Å². The maximum atomic E-state index is 13.0. The summed E-state index contributed by atoms with van der Waals surface area (Å²) in [4.78, 5) is 30.6. The third-order valence-corrected chi connectivity index (χ3v) is 4.64. The van der Waals surface area contributed by atoms with Crippen molar-refractivity contribution in [2.24, 2.45) is 11.1 Å². The van der Waals surface area contributed by atoms with Gasteiger partial charge in [0.15, 0.2) is 0 Å². The number of rotatable bonds is 2. The summed E-state index contributed by atoms with van der Waals surface area (Å²) in [5.74, 6) is 0.0840. The molecule has 1 radical (unpaired) electrons. The van der Waals surface area contributed by atoms with Crippen LogP contribution in [0.4, 0.5) is 5.82 Å². The van der Waals surface area contributed by atoms with Gasteiger partial charge >= 0.3 is 0 Å². The number of anilines is 1. The molecule has 21 heavy (non-hydrogen) atoms. The van der Waals surface area contributed by atoms with Gasteiger partial charge in [0.1, 0.15) is 11.9 Å². The Morgan fingerprint density at radius 2 is 2.33 bits per heavy atom. The number of primary amides is 1. The zero-order valence-electron chi connectivity index (χ0n) is 12.2. The predicted octanol–water partition coefficient (Wildman–Crippen LogP) is 1.75. The Balaban J connectivity index is 2.00. The zero-order valence-corrected chi connectivity index (χ0v) is 12.2. The third kappa shape index (κ3) is 2.30. The SMILES string of the molecule is Cc1ccnc(N2C(=O)C3(C[CH]CCC3)CC2C(N)=O)c1. The van der Waals surface area contributed by atoms with Crippen molar-refractivity contribution >= 4 is 17.6 Å². The van der Waals surface area contributed by atoms with Crippen molar-refractivity contribution in [2.45, 2.75) is 45.1 Å². The molecule has 1 saturated heterocycles. The van der Waals surface area contributed by atoms with Crippen LogP contribution in [0.5, 0.6) is 0 Å².